The van der Waals surface area contributed by atoms with Gasteiger partial charge in [0.1, 0.15) is 16.2 Å². The number of hydrogen-bond acceptors (Lipinski definition) is 4. The van der Waals surface area contributed by atoms with Gasteiger partial charge in [0.25, 0.3) is 5.91 Å². The van der Waals surface area contributed by atoms with Gasteiger partial charge in [0.15, 0.2) is 0 Å². The van der Waals surface area contributed by atoms with Gasteiger partial charge in [-0.15, -0.1) is 0 Å². The molecule has 2 radical (unpaired) electrons. The van der Waals surface area contributed by atoms with Crippen LogP contribution in [-0.2, 0) is 19.1 Å². The van der Waals surface area contributed by atoms with Crippen LogP contribution in [0.25, 0.3) is 0 Å². The molecule has 1 amide bonds. The summed E-state index contributed by atoms with van der Waals surface area (Å²) in [6.45, 7) is 2.30. The molecule has 0 spiro atoms. The molecule has 0 aromatic carbocycles. The predicted octanol–water partition coefficient (Wildman–Crippen LogP) is 2.45. The Morgan fingerprint density at radius 3 is 2.74 bits per heavy atom. The fraction of sp³-hybridized carbons (Fsp3) is 0.562. The van der Waals surface area contributed by atoms with Crippen LogP contribution in [0.4, 0.5) is 0 Å². The zero-order chi connectivity index (χ0) is 17.0. The maximum absolute atomic E-state index is 11.6. The van der Waals surface area contributed by atoms with Crippen LogP contribution >= 0.6 is 23.2 Å². The van der Waals surface area contributed by atoms with Gasteiger partial charge in [-0.2, -0.15) is 0 Å². The van der Waals surface area contributed by atoms with Gasteiger partial charge >= 0.3 is 5.97 Å². The normalized spacial score (nSPS) is 30.3. The molecule has 1 heterocycles. The van der Waals surface area contributed by atoms with Gasteiger partial charge in [-0.1, -0.05) is 42.3 Å². The molecular formula is C16H17Cl2NO4. The van der Waals surface area contributed by atoms with Crippen molar-refractivity contribution in [3.63, 3.8) is 0 Å². The molecule has 5 nitrogen and oxygen atoms in total. The Balaban J connectivity index is 1.92. The monoisotopic (exact) mass is 357 g/mol. The zero-order valence-electron chi connectivity index (χ0n) is 12.6. The van der Waals surface area contributed by atoms with Gasteiger partial charge in [-0.05, 0) is 18.8 Å². The summed E-state index contributed by atoms with van der Waals surface area (Å²) in [6, 6.07) is 0. The summed E-state index contributed by atoms with van der Waals surface area (Å²) in [5.41, 5.74) is 0. The van der Waals surface area contributed by atoms with Gasteiger partial charge in [-0.25, -0.2) is 5.32 Å². The third-order valence-electron chi connectivity index (χ3n) is 4.33. The standard InChI is InChI=1S/C16H17Cl2NO4/c1-2-9-3-4-10(11-7-13(21)23-15(9)11)5-6-19-16(22)14(18)12(17)8-20/h3-4,9-11,15H,2,5-7H2,1H3/b14-12-/t9-,10+,11+,15-/m1/s1. The van der Waals surface area contributed by atoms with Crippen LogP contribution in [-0.4, -0.2) is 30.8 Å². The van der Waals surface area contributed by atoms with Crippen molar-refractivity contribution in [2.75, 3.05) is 6.54 Å². The highest BCUT2D eigenvalue weighted by atomic mass is 35.5. The van der Waals surface area contributed by atoms with Gasteiger partial charge < -0.3 is 4.74 Å². The summed E-state index contributed by atoms with van der Waals surface area (Å²) < 4.78 is 5.43. The van der Waals surface area contributed by atoms with Crippen molar-refractivity contribution in [3.8, 4) is 0 Å². The number of carbonyl (C=O) groups is 2. The van der Waals surface area contributed by atoms with E-state index in [9.17, 15) is 14.4 Å². The van der Waals surface area contributed by atoms with E-state index in [-0.39, 0.29) is 36.4 Å². The smallest absolute Gasteiger partial charge is 0.306 e. The Hall–Kier alpha value is -1.33. The van der Waals surface area contributed by atoms with Crippen LogP contribution in [0.5, 0.6) is 0 Å². The van der Waals surface area contributed by atoms with Crippen LogP contribution in [0, 0.1) is 17.8 Å². The first-order valence-corrected chi connectivity index (χ1v) is 8.26. The van der Waals surface area contributed by atoms with E-state index in [0.29, 0.717) is 12.8 Å². The predicted molar refractivity (Wildman–Crippen MR) is 85.4 cm³/mol. The topological polar surface area (TPSA) is 74.5 Å². The molecule has 124 valence electrons. The summed E-state index contributed by atoms with van der Waals surface area (Å²) >= 11 is 11.1. The van der Waals surface area contributed by atoms with E-state index >= 15 is 0 Å². The second-order valence-corrected chi connectivity index (χ2v) is 6.40. The number of allylic oxidation sites excluding steroid dienone is 2. The molecule has 0 unspecified atom stereocenters. The summed E-state index contributed by atoms with van der Waals surface area (Å²) in [5.74, 6) is -0.399. The number of ether oxygens (including phenoxy) is 1. The molecule has 0 aromatic rings. The molecule has 0 saturated carbocycles. The van der Waals surface area contributed by atoms with Crippen molar-refractivity contribution in [2.24, 2.45) is 17.8 Å². The van der Waals surface area contributed by atoms with E-state index in [1.807, 2.05) is 0 Å². The molecule has 0 N–H and O–H groups in total. The lowest BCUT2D eigenvalue weighted by molar-refractivity contribution is -0.143. The van der Waals surface area contributed by atoms with E-state index in [2.05, 4.69) is 24.4 Å². The van der Waals surface area contributed by atoms with Crippen LogP contribution in [0.1, 0.15) is 26.2 Å². The maximum Gasteiger partial charge on any atom is 0.306 e. The molecule has 23 heavy (non-hydrogen) atoms. The molecular weight excluding hydrogens is 341 g/mol. The zero-order valence-corrected chi connectivity index (χ0v) is 14.1. The second kappa shape index (κ2) is 7.97. The maximum atomic E-state index is 11.6. The van der Waals surface area contributed by atoms with Crippen LogP contribution in [0.3, 0.4) is 0 Å². The summed E-state index contributed by atoms with van der Waals surface area (Å²) in [4.78, 5) is 33.6. The van der Waals surface area contributed by atoms with Crippen LogP contribution in [0.2, 0.25) is 0 Å². The summed E-state index contributed by atoms with van der Waals surface area (Å²) in [6.07, 6.45) is 7.35. The number of nitrogens with zero attached hydrogens (tertiary/aromatic N) is 1. The van der Waals surface area contributed by atoms with Crippen molar-refractivity contribution >= 4 is 41.4 Å². The molecule has 1 saturated heterocycles. The third-order valence-corrected chi connectivity index (χ3v) is 5.04. The van der Waals surface area contributed by atoms with Crippen molar-refractivity contribution < 1.29 is 19.1 Å². The highest BCUT2D eigenvalue weighted by molar-refractivity contribution is 6.52. The van der Waals surface area contributed by atoms with E-state index in [1.54, 1.807) is 0 Å². The molecule has 0 aromatic heterocycles. The van der Waals surface area contributed by atoms with Gasteiger partial charge in [0, 0.05) is 18.4 Å². The van der Waals surface area contributed by atoms with E-state index in [0.717, 1.165) is 6.42 Å². The largest absolute Gasteiger partial charge is 0.461 e. The lowest BCUT2D eigenvalue weighted by Crippen LogP contribution is -2.34. The van der Waals surface area contributed by atoms with Crippen molar-refractivity contribution in [1.82, 2.24) is 5.32 Å². The molecule has 1 aliphatic heterocycles. The lowest BCUT2D eigenvalue weighted by atomic mass is 9.74. The molecule has 2 aliphatic rings. The fourth-order valence-corrected chi connectivity index (χ4v) is 3.31. The second-order valence-electron chi connectivity index (χ2n) is 5.65. The Kier molecular flexibility index (Phi) is 6.25. The Bertz CT molecular complexity index is 558. The number of halogens is 2. The number of carbonyl (C=O) groups excluding carboxylic acids is 3. The van der Waals surface area contributed by atoms with Crippen molar-refractivity contribution in [1.29, 1.82) is 0 Å². The number of hydrogen-bond donors (Lipinski definition) is 0. The third kappa shape index (κ3) is 4.15. The van der Waals surface area contributed by atoms with Crippen LogP contribution < -0.4 is 5.32 Å². The first kappa shape index (κ1) is 18.0. The minimum atomic E-state index is -0.735. The average Bonchev–Trinajstić information content (AvgIpc) is 2.94. The molecule has 4 atom stereocenters. The first-order chi connectivity index (χ1) is 11.0. The van der Waals surface area contributed by atoms with E-state index < -0.39 is 16.0 Å². The Morgan fingerprint density at radius 2 is 2.09 bits per heavy atom. The highest BCUT2D eigenvalue weighted by Crippen LogP contribution is 2.40. The van der Waals surface area contributed by atoms with Crippen molar-refractivity contribution in [2.45, 2.75) is 32.3 Å². The van der Waals surface area contributed by atoms with E-state index in [1.165, 1.54) is 6.29 Å². The van der Waals surface area contributed by atoms with Gasteiger partial charge in [-0.3, -0.25) is 14.4 Å². The Morgan fingerprint density at radius 1 is 1.39 bits per heavy atom. The molecule has 0 bridgehead atoms. The number of amides is 1. The fourth-order valence-electron chi connectivity index (χ4n) is 3.14. The molecule has 2 rings (SSSR count). The van der Waals surface area contributed by atoms with Gasteiger partial charge in [0.2, 0.25) is 6.29 Å². The number of esters is 1. The molecule has 7 heteroatoms. The number of rotatable bonds is 6. The Labute approximate surface area is 145 Å². The molecule has 1 fully saturated rings. The first-order valence-electron chi connectivity index (χ1n) is 7.51. The molecule has 1 aliphatic carbocycles. The van der Waals surface area contributed by atoms with Gasteiger partial charge in [0.05, 0.1) is 6.42 Å². The van der Waals surface area contributed by atoms with E-state index in [4.69, 9.17) is 27.9 Å². The number of fused-ring (bicyclic) bond motifs is 1. The lowest BCUT2D eigenvalue weighted by Gasteiger charge is -2.32. The highest BCUT2D eigenvalue weighted by Gasteiger charge is 2.44. The summed E-state index contributed by atoms with van der Waals surface area (Å²) in [7, 11) is 0. The SMILES string of the molecule is CC[C@@H]1C=C[C@@H](CC[N]C(=O)/C(Cl)=C(/Cl)[C]=O)[C@@H]2CC(=O)O[C@@H]21. The average molecular weight is 358 g/mol. The minimum Gasteiger partial charge on any atom is -0.461 e. The van der Waals surface area contributed by atoms with Crippen LogP contribution in [0.15, 0.2) is 22.2 Å². The summed E-state index contributed by atoms with van der Waals surface area (Å²) in [5, 5.41) is 2.91. The minimum absolute atomic E-state index is 0.0826. The quantitative estimate of drug-likeness (QED) is 0.415. The van der Waals surface area contributed by atoms with Crippen molar-refractivity contribution in [3.05, 3.63) is 22.2 Å².